The quantitative estimate of drug-likeness (QED) is 0.743. The van der Waals surface area contributed by atoms with Gasteiger partial charge >= 0.3 is 0 Å². The summed E-state index contributed by atoms with van der Waals surface area (Å²) in [6.07, 6.45) is 7.42. The Balaban J connectivity index is 1.35. The van der Waals surface area contributed by atoms with Crippen LogP contribution in [0, 0.1) is 0 Å². The highest BCUT2D eigenvalue weighted by Crippen LogP contribution is 2.39. The molecule has 138 valence electrons. The van der Waals surface area contributed by atoms with Gasteiger partial charge in [-0.3, -0.25) is 9.89 Å². The lowest BCUT2D eigenvalue weighted by Gasteiger charge is -2.25. The topological polar surface area (TPSA) is 74.0 Å². The first-order valence-corrected chi connectivity index (χ1v) is 9.42. The molecular weight excluding hydrogens is 340 g/mol. The van der Waals surface area contributed by atoms with Crippen molar-refractivity contribution in [3.05, 3.63) is 53.5 Å². The number of methoxy groups -OCH3 is 1. The van der Waals surface area contributed by atoms with Crippen molar-refractivity contribution in [1.29, 1.82) is 0 Å². The number of aromatic nitrogens is 3. The smallest absolute Gasteiger partial charge is 0.274 e. The Morgan fingerprint density at radius 2 is 2.19 bits per heavy atom. The van der Waals surface area contributed by atoms with E-state index < -0.39 is 0 Å². The normalized spacial score (nSPS) is 17.2. The Bertz CT molecular complexity index is 1040. The zero-order chi connectivity index (χ0) is 18.4. The van der Waals surface area contributed by atoms with Gasteiger partial charge in [-0.05, 0) is 49.1 Å². The van der Waals surface area contributed by atoms with Crippen molar-refractivity contribution < 1.29 is 9.53 Å². The molecule has 27 heavy (non-hydrogen) atoms. The van der Waals surface area contributed by atoms with E-state index in [9.17, 15) is 4.79 Å². The molecule has 1 amide bonds. The van der Waals surface area contributed by atoms with E-state index in [4.69, 9.17) is 4.74 Å². The molecule has 2 aliphatic rings. The maximum Gasteiger partial charge on any atom is 0.274 e. The monoisotopic (exact) mass is 362 g/mol. The second-order valence-corrected chi connectivity index (χ2v) is 7.33. The van der Waals surface area contributed by atoms with Crippen molar-refractivity contribution in [3.8, 4) is 5.75 Å². The zero-order valence-electron chi connectivity index (χ0n) is 15.3. The lowest BCUT2D eigenvalue weighted by atomic mass is 9.98. The highest BCUT2D eigenvalue weighted by atomic mass is 16.5. The van der Waals surface area contributed by atoms with Gasteiger partial charge in [0, 0.05) is 47.4 Å². The van der Waals surface area contributed by atoms with E-state index in [1.54, 1.807) is 7.11 Å². The van der Waals surface area contributed by atoms with Crippen LogP contribution in [-0.2, 0) is 0 Å². The number of carbonyl (C=O) groups excluding carboxylic acids is 1. The molecule has 0 unspecified atom stereocenters. The number of hydrogen-bond donors (Lipinski definition) is 2. The van der Waals surface area contributed by atoms with Crippen LogP contribution in [0.1, 0.15) is 46.9 Å². The lowest BCUT2D eigenvalue weighted by Crippen LogP contribution is -2.34. The maximum atomic E-state index is 12.7. The van der Waals surface area contributed by atoms with Gasteiger partial charge in [-0.25, -0.2) is 0 Å². The number of rotatable bonds is 4. The average molecular weight is 362 g/mol. The third-order valence-corrected chi connectivity index (χ3v) is 5.57. The minimum absolute atomic E-state index is 0.00838. The number of aromatic amines is 2. The molecule has 6 heteroatoms. The minimum Gasteiger partial charge on any atom is -0.497 e. The average Bonchev–Trinajstić information content (AvgIpc) is 3.29. The summed E-state index contributed by atoms with van der Waals surface area (Å²) in [5, 5.41) is 8.40. The van der Waals surface area contributed by atoms with E-state index in [-0.39, 0.29) is 5.91 Å². The summed E-state index contributed by atoms with van der Waals surface area (Å²) in [4.78, 5) is 17.9. The highest BCUT2D eigenvalue weighted by Gasteiger charge is 2.28. The number of carbonyl (C=O) groups is 1. The largest absolute Gasteiger partial charge is 0.497 e. The Morgan fingerprint density at radius 1 is 1.30 bits per heavy atom. The molecule has 1 saturated carbocycles. The molecule has 1 aliphatic heterocycles. The van der Waals surface area contributed by atoms with Crippen LogP contribution in [0.3, 0.4) is 0 Å². The standard InChI is InChI=1S/C21H22N4O2/c1-27-15-4-5-18-16(10-15)17(12-22-18)13-6-8-25(9-7-13)21(26)20-11-19(23-24-20)14-2-3-14/h4-6,10-12,14,22H,2-3,7-9H2,1H3,(H,23,24). The summed E-state index contributed by atoms with van der Waals surface area (Å²) in [7, 11) is 1.68. The van der Waals surface area contributed by atoms with E-state index in [0.29, 0.717) is 24.7 Å². The first-order valence-electron chi connectivity index (χ1n) is 9.42. The van der Waals surface area contributed by atoms with Crippen molar-refractivity contribution in [3.63, 3.8) is 0 Å². The van der Waals surface area contributed by atoms with Crippen molar-refractivity contribution in [2.24, 2.45) is 0 Å². The number of nitrogens with one attached hydrogen (secondary N) is 2. The van der Waals surface area contributed by atoms with Gasteiger partial charge in [-0.2, -0.15) is 5.10 Å². The molecule has 1 aromatic carbocycles. The number of fused-ring (bicyclic) bond motifs is 1. The maximum absolute atomic E-state index is 12.7. The number of amides is 1. The van der Waals surface area contributed by atoms with Gasteiger partial charge in [0.1, 0.15) is 11.4 Å². The van der Waals surface area contributed by atoms with Gasteiger partial charge in [-0.15, -0.1) is 0 Å². The predicted molar refractivity (Wildman–Crippen MR) is 104 cm³/mol. The second kappa shape index (κ2) is 6.30. The van der Waals surface area contributed by atoms with Crippen molar-refractivity contribution in [2.45, 2.75) is 25.2 Å². The molecule has 1 aliphatic carbocycles. The number of benzene rings is 1. The Morgan fingerprint density at radius 3 is 2.93 bits per heavy atom. The van der Waals surface area contributed by atoms with Gasteiger partial charge in [0.2, 0.25) is 0 Å². The van der Waals surface area contributed by atoms with Crippen LogP contribution in [0.25, 0.3) is 16.5 Å². The van der Waals surface area contributed by atoms with Crippen LogP contribution in [0.15, 0.2) is 36.5 Å². The molecule has 2 N–H and O–H groups in total. The van der Waals surface area contributed by atoms with Crippen molar-refractivity contribution >= 4 is 22.4 Å². The SMILES string of the molecule is COc1ccc2[nH]cc(C3=CCN(C(=O)c4cc(C5CC5)[nH]n4)CC3)c2c1. The summed E-state index contributed by atoms with van der Waals surface area (Å²) < 4.78 is 5.36. The summed E-state index contributed by atoms with van der Waals surface area (Å²) >= 11 is 0. The number of ether oxygens (including phenoxy) is 1. The molecule has 1 fully saturated rings. The Hall–Kier alpha value is -3.02. The van der Waals surface area contributed by atoms with E-state index in [1.165, 1.54) is 24.0 Å². The summed E-state index contributed by atoms with van der Waals surface area (Å²) in [5.74, 6) is 1.43. The fourth-order valence-electron chi connectivity index (χ4n) is 3.80. The zero-order valence-corrected chi connectivity index (χ0v) is 15.3. The molecule has 0 spiro atoms. The van der Waals surface area contributed by atoms with Crippen LogP contribution in [0.2, 0.25) is 0 Å². The molecule has 2 aromatic heterocycles. The third kappa shape index (κ3) is 2.91. The van der Waals surface area contributed by atoms with Gasteiger partial charge in [0.05, 0.1) is 7.11 Å². The molecule has 0 atom stereocenters. The molecule has 0 saturated heterocycles. The molecule has 5 rings (SSSR count). The number of nitrogens with zero attached hydrogens (tertiary/aromatic N) is 2. The number of H-pyrrole nitrogens is 2. The molecule has 3 heterocycles. The van der Waals surface area contributed by atoms with Gasteiger partial charge in [-0.1, -0.05) is 6.08 Å². The van der Waals surface area contributed by atoms with Crippen LogP contribution in [0.5, 0.6) is 5.75 Å². The highest BCUT2D eigenvalue weighted by molar-refractivity contribution is 5.95. The van der Waals surface area contributed by atoms with Crippen LogP contribution < -0.4 is 4.74 Å². The van der Waals surface area contributed by atoms with Gasteiger partial charge in [0.25, 0.3) is 5.91 Å². The minimum atomic E-state index is 0.00838. The third-order valence-electron chi connectivity index (χ3n) is 5.57. The Labute approximate surface area is 157 Å². The summed E-state index contributed by atoms with van der Waals surface area (Å²) in [6, 6.07) is 7.97. The Kier molecular flexibility index (Phi) is 3.77. The first kappa shape index (κ1) is 16.2. The van der Waals surface area contributed by atoms with Crippen LogP contribution >= 0.6 is 0 Å². The van der Waals surface area contributed by atoms with Crippen molar-refractivity contribution in [1.82, 2.24) is 20.1 Å². The van der Waals surface area contributed by atoms with E-state index >= 15 is 0 Å². The van der Waals surface area contributed by atoms with E-state index in [0.717, 1.165) is 28.8 Å². The second-order valence-electron chi connectivity index (χ2n) is 7.33. The predicted octanol–water partition coefficient (Wildman–Crippen LogP) is 3.71. The first-order chi connectivity index (χ1) is 13.2. The summed E-state index contributed by atoms with van der Waals surface area (Å²) in [5.41, 5.74) is 5.17. The fourth-order valence-corrected chi connectivity index (χ4v) is 3.80. The van der Waals surface area contributed by atoms with Crippen LogP contribution in [-0.4, -0.2) is 46.2 Å². The fraction of sp³-hybridized carbons (Fsp3) is 0.333. The molecular formula is C21H22N4O2. The summed E-state index contributed by atoms with van der Waals surface area (Å²) in [6.45, 7) is 1.31. The van der Waals surface area contributed by atoms with Gasteiger partial charge in [0.15, 0.2) is 0 Å². The van der Waals surface area contributed by atoms with E-state index in [1.807, 2.05) is 29.3 Å². The molecule has 0 radical (unpaired) electrons. The van der Waals surface area contributed by atoms with Gasteiger partial charge < -0.3 is 14.6 Å². The van der Waals surface area contributed by atoms with Crippen molar-refractivity contribution in [2.75, 3.05) is 20.2 Å². The van der Waals surface area contributed by atoms with E-state index in [2.05, 4.69) is 27.3 Å². The number of hydrogen-bond acceptors (Lipinski definition) is 3. The molecule has 0 bridgehead atoms. The molecule has 6 nitrogen and oxygen atoms in total. The molecule has 3 aromatic rings. The van der Waals surface area contributed by atoms with Crippen LogP contribution in [0.4, 0.5) is 0 Å². The lowest BCUT2D eigenvalue weighted by molar-refractivity contribution is 0.0767.